The van der Waals surface area contributed by atoms with Crippen molar-refractivity contribution in [3.05, 3.63) is 12.3 Å². The second-order valence-corrected chi connectivity index (χ2v) is 5.19. The van der Waals surface area contributed by atoms with E-state index in [0.717, 1.165) is 13.0 Å². The highest BCUT2D eigenvalue weighted by molar-refractivity contribution is 5.85. The summed E-state index contributed by atoms with van der Waals surface area (Å²) in [5.74, 6) is 1.15. The van der Waals surface area contributed by atoms with Gasteiger partial charge in [0.2, 0.25) is 17.7 Å². The minimum Gasteiger partial charge on any atom is -0.478 e. The molecule has 116 valence electrons. The summed E-state index contributed by atoms with van der Waals surface area (Å²) in [7, 11) is 3.52. The quantitative estimate of drug-likeness (QED) is 0.832. The number of ether oxygens (including phenoxy) is 1. The molecule has 0 aliphatic carbocycles. The van der Waals surface area contributed by atoms with Crippen LogP contribution in [0.3, 0.4) is 0 Å². The largest absolute Gasteiger partial charge is 0.478 e. The van der Waals surface area contributed by atoms with E-state index in [4.69, 9.17) is 4.74 Å². The van der Waals surface area contributed by atoms with Crippen molar-refractivity contribution >= 4 is 11.9 Å². The van der Waals surface area contributed by atoms with Crippen molar-refractivity contribution in [3.63, 3.8) is 0 Å². The van der Waals surface area contributed by atoms with Crippen molar-refractivity contribution in [3.8, 4) is 5.88 Å². The second-order valence-electron chi connectivity index (χ2n) is 5.19. The number of hydrogen-bond acceptors (Lipinski definition) is 6. The predicted octanol–water partition coefficient (Wildman–Crippen LogP) is 0.132. The minimum absolute atomic E-state index is 0.0469. The molecule has 2 heterocycles. The van der Waals surface area contributed by atoms with Gasteiger partial charge in [0.25, 0.3) is 0 Å². The number of rotatable bonds is 5. The Morgan fingerprint density at radius 2 is 2.38 bits per heavy atom. The van der Waals surface area contributed by atoms with Crippen LogP contribution in [0.15, 0.2) is 12.3 Å². The van der Waals surface area contributed by atoms with Gasteiger partial charge in [-0.15, -0.1) is 0 Å². The third-order valence-corrected chi connectivity index (χ3v) is 3.30. The highest BCUT2D eigenvalue weighted by atomic mass is 16.5. The number of carbonyl (C=O) groups excluding carboxylic acids is 1. The van der Waals surface area contributed by atoms with E-state index < -0.39 is 0 Å². The number of anilines is 1. The Hall–Kier alpha value is -1.89. The van der Waals surface area contributed by atoms with E-state index >= 15 is 0 Å². The Balaban J connectivity index is 2.18. The van der Waals surface area contributed by atoms with Crippen molar-refractivity contribution < 1.29 is 9.53 Å². The molecule has 1 N–H and O–H groups in total. The maximum Gasteiger partial charge on any atom is 0.246 e. The molecule has 1 fully saturated rings. The Morgan fingerprint density at radius 1 is 1.57 bits per heavy atom. The molecule has 1 aromatic rings. The summed E-state index contributed by atoms with van der Waals surface area (Å²) in [4.78, 5) is 24.6. The summed E-state index contributed by atoms with van der Waals surface area (Å²) >= 11 is 0. The average molecular weight is 293 g/mol. The van der Waals surface area contributed by atoms with Crippen LogP contribution in [0, 0.1) is 0 Å². The molecule has 7 nitrogen and oxygen atoms in total. The van der Waals surface area contributed by atoms with Gasteiger partial charge >= 0.3 is 0 Å². The van der Waals surface area contributed by atoms with Gasteiger partial charge in [0.15, 0.2) is 0 Å². The van der Waals surface area contributed by atoms with Crippen molar-refractivity contribution in [2.75, 3.05) is 45.2 Å². The van der Waals surface area contributed by atoms with Gasteiger partial charge in [-0.25, -0.2) is 4.98 Å². The predicted molar refractivity (Wildman–Crippen MR) is 80.5 cm³/mol. The minimum atomic E-state index is -0.282. The molecule has 1 aliphatic heterocycles. The van der Waals surface area contributed by atoms with Gasteiger partial charge in [0, 0.05) is 46.0 Å². The van der Waals surface area contributed by atoms with Crippen molar-refractivity contribution in [1.29, 1.82) is 0 Å². The van der Waals surface area contributed by atoms with E-state index in [-0.39, 0.29) is 11.9 Å². The maximum absolute atomic E-state index is 12.3. The number of aromatic nitrogens is 2. The number of carbonyl (C=O) groups is 1. The van der Waals surface area contributed by atoms with Crippen LogP contribution in [0.5, 0.6) is 5.88 Å². The molecule has 0 saturated carbocycles. The Morgan fingerprint density at radius 3 is 3.10 bits per heavy atom. The van der Waals surface area contributed by atoms with Crippen LogP contribution in [0.25, 0.3) is 0 Å². The van der Waals surface area contributed by atoms with E-state index in [0.29, 0.717) is 31.5 Å². The first-order valence-electron chi connectivity index (χ1n) is 7.28. The van der Waals surface area contributed by atoms with Gasteiger partial charge in [0.1, 0.15) is 6.04 Å². The topological polar surface area (TPSA) is 70.6 Å². The molecule has 1 aromatic heterocycles. The lowest BCUT2D eigenvalue weighted by Gasteiger charge is -2.36. The van der Waals surface area contributed by atoms with E-state index in [1.54, 1.807) is 31.3 Å². The zero-order valence-electron chi connectivity index (χ0n) is 12.9. The summed E-state index contributed by atoms with van der Waals surface area (Å²) in [6.07, 6.45) is 2.60. The van der Waals surface area contributed by atoms with Gasteiger partial charge in [-0.05, 0) is 6.42 Å². The molecule has 1 saturated heterocycles. The Bertz CT molecular complexity index is 480. The van der Waals surface area contributed by atoms with Gasteiger partial charge in [0.05, 0.1) is 6.61 Å². The summed E-state index contributed by atoms with van der Waals surface area (Å²) in [6, 6.07) is 1.46. The standard InChI is InChI=1S/C14H23N5O2/c1-4-9-21-12-5-6-16-14(17-12)19-8-7-15-10-11(19)13(20)18(2)3/h5-6,11,15H,4,7-10H2,1-3H3. The summed E-state index contributed by atoms with van der Waals surface area (Å²) in [5.41, 5.74) is 0. The van der Waals surface area contributed by atoms with Crippen LogP contribution in [0.2, 0.25) is 0 Å². The molecular formula is C14H23N5O2. The molecule has 0 bridgehead atoms. The fourth-order valence-corrected chi connectivity index (χ4v) is 2.22. The first-order valence-corrected chi connectivity index (χ1v) is 7.28. The van der Waals surface area contributed by atoms with Gasteiger partial charge < -0.3 is 19.9 Å². The number of nitrogens with one attached hydrogen (secondary N) is 1. The first kappa shape index (κ1) is 15.5. The van der Waals surface area contributed by atoms with E-state index in [1.807, 2.05) is 11.8 Å². The van der Waals surface area contributed by atoms with Crippen LogP contribution in [-0.4, -0.2) is 67.2 Å². The third kappa shape index (κ3) is 3.81. The van der Waals surface area contributed by atoms with Gasteiger partial charge in [-0.1, -0.05) is 6.92 Å². The van der Waals surface area contributed by atoms with Crippen molar-refractivity contribution in [1.82, 2.24) is 20.2 Å². The van der Waals surface area contributed by atoms with Crippen LogP contribution in [-0.2, 0) is 4.79 Å². The molecule has 7 heteroatoms. The fourth-order valence-electron chi connectivity index (χ4n) is 2.22. The lowest BCUT2D eigenvalue weighted by molar-refractivity contribution is -0.130. The molecule has 21 heavy (non-hydrogen) atoms. The lowest BCUT2D eigenvalue weighted by Crippen LogP contribution is -2.58. The maximum atomic E-state index is 12.3. The Labute approximate surface area is 125 Å². The van der Waals surface area contributed by atoms with Crippen LogP contribution < -0.4 is 15.0 Å². The first-order chi connectivity index (χ1) is 10.1. The third-order valence-electron chi connectivity index (χ3n) is 3.30. The van der Waals surface area contributed by atoms with Gasteiger partial charge in [-0.3, -0.25) is 4.79 Å². The molecule has 0 aromatic carbocycles. The molecular weight excluding hydrogens is 270 g/mol. The summed E-state index contributed by atoms with van der Waals surface area (Å²) in [5, 5.41) is 3.24. The molecule has 1 unspecified atom stereocenters. The Kier molecular flexibility index (Phi) is 5.32. The molecule has 0 spiro atoms. The second kappa shape index (κ2) is 7.21. The van der Waals surface area contributed by atoms with Crippen molar-refractivity contribution in [2.45, 2.75) is 19.4 Å². The zero-order chi connectivity index (χ0) is 15.2. The van der Waals surface area contributed by atoms with Crippen LogP contribution in [0.4, 0.5) is 5.95 Å². The van der Waals surface area contributed by atoms with E-state index in [9.17, 15) is 4.79 Å². The number of piperazine rings is 1. The molecule has 1 amide bonds. The zero-order valence-corrected chi connectivity index (χ0v) is 12.9. The van der Waals surface area contributed by atoms with Crippen molar-refractivity contribution in [2.24, 2.45) is 0 Å². The molecule has 1 atom stereocenters. The van der Waals surface area contributed by atoms with E-state index in [1.165, 1.54) is 0 Å². The molecule has 1 aliphatic rings. The smallest absolute Gasteiger partial charge is 0.246 e. The number of amides is 1. The monoisotopic (exact) mass is 293 g/mol. The SMILES string of the molecule is CCCOc1ccnc(N2CCNCC2C(=O)N(C)C)n1. The van der Waals surface area contributed by atoms with Crippen LogP contribution in [0.1, 0.15) is 13.3 Å². The van der Waals surface area contributed by atoms with E-state index in [2.05, 4.69) is 15.3 Å². The average Bonchev–Trinajstić information content (AvgIpc) is 2.52. The van der Waals surface area contributed by atoms with Gasteiger partial charge in [-0.2, -0.15) is 4.98 Å². The lowest BCUT2D eigenvalue weighted by atomic mass is 10.2. The molecule has 2 rings (SSSR count). The highest BCUT2D eigenvalue weighted by Gasteiger charge is 2.31. The number of nitrogens with zero attached hydrogens (tertiary/aromatic N) is 4. The fraction of sp³-hybridized carbons (Fsp3) is 0.643. The number of hydrogen-bond donors (Lipinski definition) is 1. The highest BCUT2D eigenvalue weighted by Crippen LogP contribution is 2.17. The normalized spacial score (nSPS) is 18.4. The molecule has 0 radical (unpaired) electrons. The summed E-state index contributed by atoms with van der Waals surface area (Å²) in [6.45, 7) is 4.77. The summed E-state index contributed by atoms with van der Waals surface area (Å²) < 4.78 is 5.54. The number of likely N-dealkylation sites (N-methyl/N-ethyl adjacent to an activating group) is 1. The van der Waals surface area contributed by atoms with Crippen LogP contribution >= 0.6 is 0 Å².